The first kappa shape index (κ1) is 11.7. The highest BCUT2D eigenvalue weighted by atomic mass is 16.6. The fourth-order valence-electron chi connectivity index (χ4n) is 1.20. The number of hydrogen-bond donors (Lipinski definition) is 0. The third kappa shape index (κ3) is 2.33. The van der Waals surface area contributed by atoms with Gasteiger partial charge in [0.1, 0.15) is 12.1 Å². The molecule has 0 saturated carbocycles. The number of hydrogen-bond acceptors (Lipinski definition) is 4. The Hall–Kier alpha value is -2.42. The predicted octanol–water partition coefficient (Wildman–Crippen LogP) is 1.19. The van der Waals surface area contributed by atoms with Crippen molar-refractivity contribution in [1.29, 1.82) is 5.26 Å². The first-order chi connectivity index (χ1) is 7.57. The summed E-state index contributed by atoms with van der Waals surface area (Å²) in [6, 6.07) is 7.46. The monoisotopic (exact) mass is 219 g/mol. The van der Waals surface area contributed by atoms with Crippen molar-refractivity contribution in [2.45, 2.75) is 0 Å². The van der Waals surface area contributed by atoms with Crippen molar-refractivity contribution in [3.63, 3.8) is 0 Å². The van der Waals surface area contributed by atoms with Crippen LogP contribution in [-0.4, -0.2) is 29.3 Å². The average molecular weight is 219 g/mol. The van der Waals surface area contributed by atoms with Gasteiger partial charge in [-0.1, -0.05) is 12.1 Å². The Morgan fingerprint density at radius 3 is 2.75 bits per heavy atom. The van der Waals surface area contributed by atoms with Crippen LogP contribution in [0.3, 0.4) is 0 Å². The van der Waals surface area contributed by atoms with Crippen LogP contribution in [0.15, 0.2) is 24.3 Å². The molecule has 82 valence electrons. The molecule has 0 N–H and O–H groups in total. The van der Waals surface area contributed by atoms with Crippen LogP contribution in [0.4, 0.5) is 5.69 Å². The molecule has 0 fully saturated rings. The van der Waals surface area contributed by atoms with Crippen LogP contribution in [0, 0.1) is 21.4 Å². The molecule has 0 atom stereocenters. The second-order valence-corrected chi connectivity index (χ2v) is 3.09. The number of para-hydroxylation sites is 1. The Morgan fingerprint density at radius 2 is 2.19 bits per heavy atom. The fourth-order valence-corrected chi connectivity index (χ4v) is 1.20. The van der Waals surface area contributed by atoms with Crippen LogP contribution < -0.4 is 0 Å². The van der Waals surface area contributed by atoms with Gasteiger partial charge in [0.2, 0.25) is 0 Å². The molecule has 0 aliphatic heterocycles. The van der Waals surface area contributed by atoms with E-state index < -0.39 is 10.8 Å². The first-order valence-corrected chi connectivity index (χ1v) is 4.43. The van der Waals surface area contributed by atoms with Gasteiger partial charge in [-0.2, -0.15) is 5.26 Å². The van der Waals surface area contributed by atoms with Gasteiger partial charge in [-0.25, -0.2) is 0 Å². The van der Waals surface area contributed by atoms with Crippen molar-refractivity contribution in [3.05, 3.63) is 39.9 Å². The van der Waals surface area contributed by atoms with Crippen LogP contribution in [0.5, 0.6) is 0 Å². The number of benzene rings is 1. The van der Waals surface area contributed by atoms with Gasteiger partial charge in [0, 0.05) is 13.1 Å². The van der Waals surface area contributed by atoms with Crippen molar-refractivity contribution in [1.82, 2.24) is 4.90 Å². The number of rotatable bonds is 3. The van der Waals surface area contributed by atoms with Crippen molar-refractivity contribution >= 4 is 11.6 Å². The molecule has 6 nitrogen and oxygen atoms in total. The van der Waals surface area contributed by atoms with Gasteiger partial charge in [-0.15, -0.1) is 0 Å². The minimum Gasteiger partial charge on any atom is -0.328 e. The van der Waals surface area contributed by atoms with E-state index in [1.54, 1.807) is 12.1 Å². The number of nitriles is 1. The van der Waals surface area contributed by atoms with Crippen LogP contribution in [-0.2, 0) is 0 Å². The summed E-state index contributed by atoms with van der Waals surface area (Å²) >= 11 is 0. The summed E-state index contributed by atoms with van der Waals surface area (Å²) in [5.74, 6) is -0.533. The maximum atomic E-state index is 11.7. The number of carbonyl (C=O) groups is 1. The molecule has 16 heavy (non-hydrogen) atoms. The molecule has 0 aliphatic carbocycles. The molecule has 0 aromatic heterocycles. The third-order valence-electron chi connectivity index (χ3n) is 1.99. The highest BCUT2D eigenvalue weighted by molar-refractivity contribution is 5.98. The molecule has 0 saturated heterocycles. The number of nitro benzene ring substituents is 1. The molecular weight excluding hydrogens is 210 g/mol. The highest BCUT2D eigenvalue weighted by Crippen LogP contribution is 2.18. The standard InChI is InChI=1S/C10H9N3O3/c1-12(7-6-11)10(14)8-4-2-3-5-9(8)13(15)16/h2-5H,7H2,1H3. The molecule has 0 radical (unpaired) electrons. The first-order valence-electron chi connectivity index (χ1n) is 4.43. The Morgan fingerprint density at radius 1 is 1.56 bits per heavy atom. The van der Waals surface area contributed by atoms with E-state index in [4.69, 9.17) is 5.26 Å². The van der Waals surface area contributed by atoms with E-state index in [0.29, 0.717) is 0 Å². The van der Waals surface area contributed by atoms with Crippen molar-refractivity contribution in [2.75, 3.05) is 13.6 Å². The summed E-state index contributed by atoms with van der Waals surface area (Å²) in [6.07, 6.45) is 0. The summed E-state index contributed by atoms with van der Waals surface area (Å²) in [5, 5.41) is 19.1. The van der Waals surface area contributed by atoms with Gasteiger partial charge in [0.25, 0.3) is 11.6 Å². The smallest absolute Gasteiger partial charge is 0.282 e. The molecule has 1 aromatic carbocycles. The molecule has 1 amide bonds. The van der Waals surface area contributed by atoms with E-state index in [2.05, 4.69) is 0 Å². The Balaban J connectivity index is 3.09. The lowest BCUT2D eigenvalue weighted by molar-refractivity contribution is -0.385. The minimum absolute atomic E-state index is 0.00903. The second kappa shape index (κ2) is 4.89. The molecule has 1 rings (SSSR count). The van der Waals surface area contributed by atoms with Gasteiger partial charge < -0.3 is 4.90 Å². The zero-order chi connectivity index (χ0) is 12.1. The molecule has 0 unspecified atom stereocenters. The van der Waals surface area contributed by atoms with Gasteiger partial charge in [0.15, 0.2) is 0 Å². The van der Waals surface area contributed by atoms with Crippen molar-refractivity contribution in [3.8, 4) is 6.07 Å². The maximum absolute atomic E-state index is 11.7. The van der Waals surface area contributed by atoms with Crippen LogP contribution in [0.2, 0.25) is 0 Å². The van der Waals surface area contributed by atoms with E-state index in [0.717, 1.165) is 4.90 Å². The predicted molar refractivity (Wildman–Crippen MR) is 55.7 cm³/mol. The zero-order valence-electron chi connectivity index (χ0n) is 8.58. The number of amides is 1. The normalized spacial score (nSPS) is 9.25. The van der Waals surface area contributed by atoms with Crippen LogP contribution in [0.25, 0.3) is 0 Å². The zero-order valence-corrected chi connectivity index (χ0v) is 8.58. The summed E-state index contributed by atoms with van der Waals surface area (Å²) in [6.45, 7) is -0.106. The van der Waals surface area contributed by atoms with E-state index in [1.807, 2.05) is 0 Å². The largest absolute Gasteiger partial charge is 0.328 e. The topological polar surface area (TPSA) is 87.2 Å². The molecule has 0 spiro atoms. The van der Waals surface area contributed by atoms with E-state index in [1.165, 1.54) is 25.2 Å². The average Bonchev–Trinajstić information content (AvgIpc) is 2.28. The fraction of sp³-hybridized carbons (Fsp3) is 0.200. The van der Waals surface area contributed by atoms with Gasteiger partial charge in [0.05, 0.1) is 11.0 Å². The van der Waals surface area contributed by atoms with Gasteiger partial charge >= 0.3 is 0 Å². The summed E-state index contributed by atoms with van der Waals surface area (Å²) in [5.41, 5.74) is -0.262. The molecule has 0 aliphatic rings. The maximum Gasteiger partial charge on any atom is 0.282 e. The van der Waals surface area contributed by atoms with Gasteiger partial charge in [-0.3, -0.25) is 14.9 Å². The summed E-state index contributed by atoms with van der Waals surface area (Å²) < 4.78 is 0. The van der Waals surface area contributed by atoms with E-state index in [-0.39, 0.29) is 17.8 Å². The Bertz CT molecular complexity index is 465. The number of carbonyl (C=O) groups excluding carboxylic acids is 1. The number of nitro groups is 1. The molecular formula is C10H9N3O3. The van der Waals surface area contributed by atoms with E-state index >= 15 is 0 Å². The number of nitrogens with zero attached hydrogens (tertiary/aromatic N) is 3. The Kier molecular flexibility index (Phi) is 3.56. The lowest BCUT2D eigenvalue weighted by Crippen LogP contribution is -2.27. The third-order valence-corrected chi connectivity index (χ3v) is 1.99. The summed E-state index contributed by atoms with van der Waals surface area (Å²) in [7, 11) is 1.42. The summed E-state index contributed by atoms with van der Waals surface area (Å²) in [4.78, 5) is 22.9. The van der Waals surface area contributed by atoms with Crippen LogP contribution >= 0.6 is 0 Å². The molecule has 0 heterocycles. The van der Waals surface area contributed by atoms with Crippen molar-refractivity contribution in [2.24, 2.45) is 0 Å². The van der Waals surface area contributed by atoms with Gasteiger partial charge in [-0.05, 0) is 6.07 Å². The minimum atomic E-state index is -0.618. The quantitative estimate of drug-likeness (QED) is 0.434. The molecule has 6 heteroatoms. The molecule has 1 aromatic rings. The SMILES string of the molecule is CN(CC#N)C(=O)c1ccccc1[N+](=O)[O-]. The van der Waals surface area contributed by atoms with Crippen LogP contribution in [0.1, 0.15) is 10.4 Å². The van der Waals surface area contributed by atoms with Crippen molar-refractivity contribution < 1.29 is 9.72 Å². The highest BCUT2D eigenvalue weighted by Gasteiger charge is 2.21. The van der Waals surface area contributed by atoms with E-state index in [9.17, 15) is 14.9 Å². The lowest BCUT2D eigenvalue weighted by Gasteiger charge is -2.12. The lowest BCUT2D eigenvalue weighted by atomic mass is 10.1. The Labute approximate surface area is 91.9 Å². The second-order valence-electron chi connectivity index (χ2n) is 3.09. The molecule has 0 bridgehead atoms.